The average molecular weight is 373 g/mol. The lowest BCUT2D eigenvalue weighted by Crippen LogP contribution is -2.31. The van der Waals surface area contributed by atoms with Gasteiger partial charge < -0.3 is 14.8 Å². The first-order valence-electron chi connectivity index (χ1n) is 8.80. The van der Waals surface area contributed by atoms with Crippen LogP contribution in [0.5, 0.6) is 0 Å². The average Bonchev–Trinajstić information content (AvgIpc) is 3.20. The lowest BCUT2D eigenvalue weighted by Gasteiger charge is -2.18. The van der Waals surface area contributed by atoms with Gasteiger partial charge in [0, 0.05) is 50.1 Å². The highest BCUT2D eigenvalue weighted by atomic mass is 16.6. The number of rotatable bonds is 9. The highest BCUT2D eigenvalue weighted by Crippen LogP contribution is 2.24. The van der Waals surface area contributed by atoms with E-state index in [1.54, 1.807) is 11.1 Å². The van der Waals surface area contributed by atoms with Gasteiger partial charge in [0.1, 0.15) is 5.69 Å². The Labute approximate surface area is 157 Å². The number of hydrogen-bond acceptors (Lipinski definition) is 5. The van der Waals surface area contributed by atoms with Crippen LogP contribution in [0, 0.1) is 10.1 Å². The van der Waals surface area contributed by atoms with Crippen molar-refractivity contribution in [1.29, 1.82) is 0 Å². The molecule has 9 nitrogen and oxygen atoms in total. The normalized spacial score (nSPS) is 10.4. The van der Waals surface area contributed by atoms with Gasteiger partial charge in [-0.05, 0) is 32.4 Å². The molecule has 0 aliphatic carbocycles. The first-order valence-corrected chi connectivity index (χ1v) is 8.80. The number of nitro benzene ring substituents is 1. The monoisotopic (exact) mass is 373 g/mol. The largest absolute Gasteiger partial charge is 0.352 e. The van der Waals surface area contributed by atoms with Crippen LogP contribution in [0.4, 0.5) is 5.69 Å². The molecule has 0 radical (unpaired) electrons. The summed E-state index contributed by atoms with van der Waals surface area (Å²) in [5, 5.41) is 14.0. The van der Waals surface area contributed by atoms with Crippen LogP contribution in [0.15, 0.2) is 36.9 Å². The number of nitrogens with zero attached hydrogens (tertiary/aromatic N) is 4. The van der Waals surface area contributed by atoms with Crippen molar-refractivity contribution < 1.29 is 14.5 Å². The maximum absolute atomic E-state index is 12.3. The van der Waals surface area contributed by atoms with E-state index >= 15 is 0 Å². The van der Waals surface area contributed by atoms with Gasteiger partial charge in [-0.1, -0.05) is 0 Å². The van der Waals surface area contributed by atoms with Gasteiger partial charge in [0.25, 0.3) is 11.6 Å². The maximum Gasteiger partial charge on any atom is 0.294 e. The van der Waals surface area contributed by atoms with Crippen molar-refractivity contribution in [3.63, 3.8) is 0 Å². The highest BCUT2D eigenvalue weighted by molar-refractivity contribution is 5.95. The van der Waals surface area contributed by atoms with Crippen LogP contribution in [-0.4, -0.2) is 50.8 Å². The summed E-state index contributed by atoms with van der Waals surface area (Å²) in [6, 6.07) is 4.28. The maximum atomic E-state index is 12.3. The second kappa shape index (κ2) is 9.46. The number of hydrogen-bond donors (Lipinski definition) is 1. The third-order valence-electron chi connectivity index (χ3n) is 4.19. The number of carbonyl (C=O) groups is 2. The number of imidazole rings is 1. The minimum atomic E-state index is -0.533. The molecule has 0 atom stereocenters. The predicted octanol–water partition coefficient (Wildman–Crippen LogP) is 2.16. The molecule has 2 amide bonds. The molecule has 0 bridgehead atoms. The van der Waals surface area contributed by atoms with Gasteiger partial charge in [-0.15, -0.1) is 0 Å². The van der Waals surface area contributed by atoms with Crippen molar-refractivity contribution in [3.05, 3.63) is 52.6 Å². The van der Waals surface area contributed by atoms with Crippen LogP contribution in [0.2, 0.25) is 0 Å². The van der Waals surface area contributed by atoms with Crippen LogP contribution >= 0.6 is 0 Å². The summed E-state index contributed by atoms with van der Waals surface area (Å²) in [5.41, 5.74) is 0.344. The first-order chi connectivity index (χ1) is 13.0. The van der Waals surface area contributed by atoms with Crippen LogP contribution in [-0.2, 0) is 4.79 Å². The number of nitrogens with one attached hydrogen (secondary N) is 1. The minimum Gasteiger partial charge on any atom is -0.352 e. The molecule has 1 aromatic carbocycles. The summed E-state index contributed by atoms with van der Waals surface area (Å²) in [6.45, 7) is 5.49. The molecule has 2 aromatic rings. The second-order valence-corrected chi connectivity index (χ2v) is 5.86. The van der Waals surface area contributed by atoms with Gasteiger partial charge in [-0.2, -0.15) is 0 Å². The standard InChI is InChI=1S/C18H23N5O4/c1-3-21(4-2)17(24)6-5-9-20-18(25)14-7-8-15(16(12-14)23(26)27)22-11-10-19-13-22/h7-8,10-13H,3-6,9H2,1-2H3,(H,20,25). The minimum absolute atomic E-state index is 0.0505. The third kappa shape index (κ3) is 5.13. The highest BCUT2D eigenvalue weighted by Gasteiger charge is 2.18. The van der Waals surface area contributed by atoms with Gasteiger partial charge in [-0.3, -0.25) is 19.7 Å². The Bertz CT molecular complexity index is 800. The van der Waals surface area contributed by atoms with Crippen LogP contribution in [0.25, 0.3) is 5.69 Å². The lowest BCUT2D eigenvalue weighted by molar-refractivity contribution is -0.384. The molecule has 2 rings (SSSR count). The van der Waals surface area contributed by atoms with Crippen LogP contribution in [0.1, 0.15) is 37.0 Å². The van der Waals surface area contributed by atoms with Gasteiger partial charge in [0.15, 0.2) is 0 Å². The van der Waals surface area contributed by atoms with Gasteiger partial charge in [-0.25, -0.2) is 4.98 Å². The summed E-state index contributed by atoms with van der Waals surface area (Å²) < 4.78 is 1.51. The van der Waals surface area contributed by atoms with Crippen molar-refractivity contribution in [2.45, 2.75) is 26.7 Å². The quantitative estimate of drug-likeness (QED) is 0.411. The Morgan fingerprint density at radius 2 is 2.04 bits per heavy atom. The fourth-order valence-electron chi connectivity index (χ4n) is 2.71. The topological polar surface area (TPSA) is 110 Å². The van der Waals surface area contributed by atoms with Crippen molar-refractivity contribution in [1.82, 2.24) is 19.8 Å². The van der Waals surface area contributed by atoms with E-state index in [1.165, 1.54) is 35.3 Å². The van der Waals surface area contributed by atoms with Crippen molar-refractivity contribution >= 4 is 17.5 Å². The van der Waals surface area contributed by atoms with E-state index in [0.717, 1.165) is 0 Å². The van der Waals surface area contributed by atoms with Crippen LogP contribution in [0.3, 0.4) is 0 Å². The molecule has 0 spiro atoms. The van der Waals surface area contributed by atoms with E-state index in [2.05, 4.69) is 10.3 Å². The molecule has 1 aromatic heterocycles. The lowest BCUT2D eigenvalue weighted by atomic mass is 10.1. The van der Waals surface area contributed by atoms with Crippen LogP contribution < -0.4 is 5.32 Å². The Hall–Kier alpha value is -3.23. The van der Waals surface area contributed by atoms with Crippen molar-refractivity contribution in [2.24, 2.45) is 0 Å². The summed E-state index contributed by atoms with van der Waals surface area (Å²) in [4.78, 5) is 40.6. The summed E-state index contributed by atoms with van der Waals surface area (Å²) >= 11 is 0. The smallest absolute Gasteiger partial charge is 0.294 e. The van der Waals surface area contributed by atoms with Crippen molar-refractivity contribution in [3.8, 4) is 5.69 Å². The van der Waals surface area contributed by atoms with Gasteiger partial charge >= 0.3 is 0 Å². The number of benzene rings is 1. The fraction of sp³-hybridized carbons (Fsp3) is 0.389. The molecule has 1 heterocycles. The number of amides is 2. The number of aromatic nitrogens is 2. The number of carbonyl (C=O) groups excluding carboxylic acids is 2. The van der Waals surface area contributed by atoms with E-state index < -0.39 is 10.8 Å². The first kappa shape index (κ1) is 20.1. The van der Waals surface area contributed by atoms with E-state index in [0.29, 0.717) is 38.2 Å². The predicted molar refractivity (Wildman–Crippen MR) is 99.7 cm³/mol. The number of nitro groups is 1. The molecule has 1 N–H and O–H groups in total. The summed E-state index contributed by atoms with van der Waals surface area (Å²) in [5.74, 6) is -0.361. The van der Waals surface area contributed by atoms with E-state index in [1.807, 2.05) is 13.8 Å². The Kier molecular flexibility index (Phi) is 7.04. The molecule has 0 unspecified atom stereocenters. The molecule has 0 saturated carbocycles. The van der Waals surface area contributed by atoms with Gasteiger partial charge in [0.2, 0.25) is 5.91 Å². The molecule has 27 heavy (non-hydrogen) atoms. The summed E-state index contributed by atoms with van der Waals surface area (Å²) in [6.07, 6.45) is 5.42. The SMILES string of the molecule is CCN(CC)C(=O)CCCNC(=O)c1ccc(-n2ccnc2)c([N+](=O)[O-])c1. The molecule has 9 heteroatoms. The Balaban J connectivity index is 1.98. The van der Waals surface area contributed by atoms with E-state index in [9.17, 15) is 19.7 Å². The van der Waals surface area contributed by atoms with Gasteiger partial charge in [0.05, 0.1) is 11.3 Å². The molecule has 0 saturated heterocycles. The molecule has 0 fully saturated rings. The molecule has 0 aliphatic rings. The summed E-state index contributed by atoms with van der Waals surface area (Å²) in [7, 11) is 0. The van der Waals surface area contributed by atoms with E-state index in [-0.39, 0.29) is 17.2 Å². The van der Waals surface area contributed by atoms with E-state index in [4.69, 9.17) is 0 Å². The molecular formula is C18H23N5O4. The molecule has 144 valence electrons. The fourth-order valence-corrected chi connectivity index (χ4v) is 2.71. The zero-order chi connectivity index (χ0) is 19.8. The Morgan fingerprint density at radius 1 is 1.30 bits per heavy atom. The molecule has 0 aliphatic heterocycles. The zero-order valence-corrected chi connectivity index (χ0v) is 15.4. The zero-order valence-electron chi connectivity index (χ0n) is 15.4. The second-order valence-electron chi connectivity index (χ2n) is 5.86. The Morgan fingerprint density at radius 3 is 2.63 bits per heavy atom. The third-order valence-corrected chi connectivity index (χ3v) is 4.19. The van der Waals surface area contributed by atoms with Crippen molar-refractivity contribution in [2.75, 3.05) is 19.6 Å². The molecular weight excluding hydrogens is 350 g/mol.